The quantitative estimate of drug-likeness (QED) is 0.846. The van der Waals surface area contributed by atoms with E-state index in [0.29, 0.717) is 0 Å². The van der Waals surface area contributed by atoms with E-state index >= 15 is 0 Å². The first-order valence-electron chi connectivity index (χ1n) is 6.53. The van der Waals surface area contributed by atoms with Gasteiger partial charge in [-0.15, -0.1) is 11.8 Å². The molecule has 1 aromatic carbocycles. The molecule has 0 fully saturated rings. The Kier molecular flexibility index (Phi) is 5.00. The second-order valence-corrected chi connectivity index (χ2v) is 5.89. The number of nitrogens with zero attached hydrogens (tertiary/aromatic N) is 1. The molecule has 0 bridgehead atoms. The van der Waals surface area contributed by atoms with Crippen LogP contribution in [0.2, 0.25) is 0 Å². The Morgan fingerprint density at radius 3 is 2.58 bits per heavy atom. The Hall–Kier alpha value is -1.32. The Bertz CT molecular complexity index is 524. The third-order valence-corrected chi connectivity index (χ3v) is 4.04. The van der Waals surface area contributed by atoms with Crippen LogP contribution in [0.4, 0.5) is 0 Å². The predicted octanol–water partition coefficient (Wildman–Crippen LogP) is 3.57. The van der Waals surface area contributed by atoms with Crippen molar-refractivity contribution in [3.63, 3.8) is 0 Å². The molecule has 0 amide bonds. The minimum absolute atomic E-state index is 0.184. The Morgan fingerprint density at radius 2 is 1.95 bits per heavy atom. The van der Waals surface area contributed by atoms with Gasteiger partial charge in [-0.1, -0.05) is 36.4 Å². The van der Waals surface area contributed by atoms with Gasteiger partial charge < -0.3 is 5.73 Å². The van der Waals surface area contributed by atoms with Crippen LogP contribution in [0.15, 0.2) is 47.6 Å². The number of benzene rings is 1. The second-order valence-electron chi connectivity index (χ2n) is 4.92. The van der Waals surface area contributed by atoms with E-state index in [1.165, 1.54) is 16.7 Å². The van der Waals surface area contributed by atoms with Crippen LogP contribution in [0, 0.1) is 6.92 Å². The SMILES string of the molecule is Cc1cc(CC(C)N)cnc1SCc1ccccc1. The van der Waals surface area contributed by atoms with Crippen molar-refractivity contribution in [3.05, 3.63) is 59.3 Å². The molecule has 1 aromatic heterocycles. The van der Waals surface area contributed by atoms with Gasteiger partial charge in [-0.25, -0.2) is 4.98 Å². The molecule has 0 spiro atoms. The number of rotatable bonds is 5. The van der Waals surface area contributed by atoms with Gasteiger partial charge in [-0.2, -0.15) is 0 Å². The Morgan fingerprint density at radius 1 is 1.21 bits per heavy atom. The van der Waals surface area contributed by atoms with Crippen molar-refractivity contribution < 1.29 is 0 Å². The first kappa shape index (κ1) is 14.1. The van der Waals surface area contributed by atoms with Gasteiger partial charge in [-0.05, 0) is 37.0 Å². The smallest absolute Gasteiger partial charge is 0.0992 e. The zero-order valence-electron chi connectivity index (χ0n) is 11.5. The van der Waals surface area contributed by atoms with Gasteiger partial charge in [0.1, 0.15) is 0 Å². The molecule has 2 nitrogen and oxygen atoms in total. The number of hydrogen-bond acceptors (Lipinski definition) is 3. The van der Waals surface area contributed by atoms with E-state index in [9.17, 15) is 0 Å². The normalized spacial score (nSPS) is 12.4. The molecule has 0 radical (unpaired) electrons. The molecule has 0 aliphatic carbocycles. The molecule has 19 heavy (non-hydrogen) atoms. The summed E-state index contributed by atoms with van der Waals surface area (Å²) in [6, 6.07) is 12.9. The number of nitrogens with two attached hydrogens (primary N) is 1. The third-order valence-electron chi connectivity index (χ3n) is 2.86. The van der Waals surface area contributed by atoms with E-state index in [1.807, 2.05) is 19.2 Å². The van der Waals surface area contributed by atoms with Crippen LogP contribution in [-0.2, 0) is 12.2 Å². The van der Waals surface area contributed by atoms with Gasteiger partial charge in [0.25, 0.3) is 0 Å². The van der Waals surface area contributed by atoms with Crippen molar-refractivity contribution >= 4 is 11.8 Å². The lowest BCUT2D eigenvalue weighted by atomic mass is 10.1. The van der Waals surface area contributed by atoms with Crippen LogP contribution in [0.1, 0.15) is 23.6 Å². The molecule has 1 unspecified atom stereocenters. The van der Waals surface area contributed by atoms with E-state index in [-0.39, 0.29) is 6.04 Å². The average Bonchev–Trinajstić information content (AvgIpc) is 2.38. The molecule has 3 heteroatoms. The summed E-state index contributed by atoms with van der Waals surface area (Å²) in [6.45, 7) is 4.14. The summed E-state index contributed by atoms with van der Waals surface area (Å²) < 4.78 is 0. The number of thioether (sulfide) groups is 1. The summed E-state index contributed by atoms with van der Waals surface area (Å²) in [7, 11) is 0. The van der Waals surface area contributed by atoms with Crippen LogP contribution >= 0.6 is 11.8 Å². The number of aryl methyl sites for hydroxylation is 1. The van der Waals surface area contributed by atoms with Gasteiger partial charge >= 0.3 is 0 Å². The van der Waals surface area contributed by atoms with Crippen molar-refractivity contribution in [2.24, 2.45) is 5.73 Å². The van der Waals surface area contributed by atoms with E-state index < -0.39 is 0 Å². The molecule has 2 N–H and O–H groups in total. The fourth-order valence-electron chi connectivity index (χ4n) is 1.98. The van der Waals surface area contributed by atoms with Crippen LogP contribution in [0.5, 0.6) is 0 Å². The Labute approximate surface area is 119 Å². The summed E-state index contributed by atoms with van der Waals surface area (Å²) >= 11 is 1.79. The minimum Gasteiger partial charge on any atom is -0.328 e. The van der Waals surface area contributed by atoms with Crippen molar-refractivity contribution in [1.82, 2.24) is 4.98 Å². The monoisotopic (exact) mass is 272 g/mol. The fraction of sp³-hybridized carbons (Fsp3) is 0.312. The zero-order valence-corrected chi connectivity index (χ0v) is 12.3. The maximum atomic E-state index is 5.81. The molecule has 100 valence electrons. The molecule has 0 aliphatic rings. The average molecular weight is 272 g/mol. The lowest BCUT2D eigenvalue weighted by molar-refractivity contribution is 0.733. The van der Waals surface area contributed by atoms with E-state index in [2.05, 4.69) is 42.2 Å². The van der Waals surface area contributed by atoms with Crippen LogP contribution in [-0.4, -0.2) is 11.0 Å². The molecular formula is C16H20N2S. The summed E-state index contributed by atoms with van der Waals surface area (Å²) in [5, 5.41) is 1.11. The summed E-state index contributed by atoms with van der Waals surface area (Å²) in [5.41, 5.74) is 9.60. The molecular weight excluding hydrogens is 252 g/mol. The van der Waals surface area contributed by atoms with E-state index in [1.54, 1.807) is 11.8 Å². The molecule has 1 atom stereocenters. The number of pyridine rings is 1. The maximum Gasteiger partial charge on any atom is 0.0992 e. The van der Waals surface area contributed by atoms with E-state index in [4.69, 9.17) is 5.73 Å². The molecule has 1 heterocycles. The Balaban J connectivity index is 2.01. The highest BCUT2D eigenvalue weighted by molar-refractivity contribution is 7.98. The molecule has 2 aromatic rings. The summed E-state index contributed by atoms with van der Waals surface area (Å²) in [5.74, 6) is 0.960. The van der Waals surface area contributed by atoms with E-state index in [0.717, 1.165) is 17.2 Å². The third kappa shape index (κ3) is 4.37. The highest BCUT2D eigenvalue weighted by Crippen LogP contribution is 2.24. The first-order valence-corrected chi connectivity index (χ1v) is 7.51. The molecule has 0 aliphatic heterocycles. The minimum atomic E-state index is 0.184. The lowest BCUT2D eigenvalue weighted by Gasteiger charge is -2.09. The van der Waals surface area contributed by atoms with Gasteiger partial charge in [-0.3, -0.25) is 0 Å². The fourth-order valence-corrected chi connectivity index (χ4v) is 2.89. The lowest BCUT2D eigenvalue weighted by Crippen LogP contribution is -2.17. The number of aromatic nitrogens is 1. The molecule has 0 saturated heterocycles. The highest BCUT2D eigenvalue weighted by atomic mass is 32.2. The van der Waals surface area contributed by atoms with Gasteiger partial charge in [0, 0.05) is 18.0 Å². The summed E-state index contributed by atoms with van der Waals surface area (Å²) in [6.07, 6.45) is 2.83. The topological polar surface area (TPSA) is 38.9 Å². The second kappa shape index (κ2) is 6.73. The maximum absolute atomic E-state index is 5.81. The van der Waals surface area contributed by atoms with Crippen molar-refractivity contribution in [1.29, 1.82) is 0 Å². The number of hydrogen-bond donors (Lipinski definition) is 1. The van der Waals surface area contributed by atoms with Crippen LogP contribution in [0.25, 0.3) is 0 Å². The van der Waals surface area contributed by atoms with Gasteiger partial charge in [0.15, 0.2) is 0 Å². The molecule has 2 rings (SSSR count). The standard InChI is InChI=1S/C16H20N2S/c1-12-8-15(9-13(2)17)10-18-16(12)19-11-14-6-4-3-5-7-14/h3-8,10,13H,9,11,17H2,1-2H3. The van der Waals surface area contributed by atoms with Crippen molar-refractivity contribution in [3.8, 4) is 0 Å². The van der Waals surface area contributed by atoms with Crippen LogP contribution in [0.3, 0.4) is 0 Å². The highest BCUT2D eigenvalue weighted by Gasteiger charge is 2.05. The van der Waals surface area contributed by atoms with Gasteiger partial charge in [0.2, 0.25) is 0 Å². The summed E-state index contributed by atoms with van der Waals surface area (Å²) in [4.78, 5) is 4.55. The largest absolute Gasteiger partial charge is 0.328 e. The van der Waals surface area contributed by atoms with Gasteiger partial charge in [0.05, 0.1) is 5.03 Å². The predicted molar refractivity (Wildman–Crippen MR) is 82.3 cm³/mol. The van der Waals surface area contributed by atoms with Crippen molar-refractivity contribution in [2.45, 2.75) is 37.1 Å². The zero-order chi connectivity index (χ0) is 13.7. The first-order chi connectivity index (χ1) is 9.15. The van der Waals surface area contributed by atoms with Crippen LogP contribution < -0.4 is 5.73 Å². The van der Waals surface area contributed by atoms with Crippen molar-refractivity contribution in [2.75, 3.05) is 0 Å². The molecule has 0 saturated carbocycles.